The number of amides is 1. The molecule has 26 heavy (non-hydrogen) atoms. The molecule has 8 heteroatoms. The number of methoxy groups -OCH3 is 1. The number of likely N-dealkylation sites (tertiary alicyclic amines) is 1. The van der Waals surface area contributed by atoms with Crippen LogP contribution in [-0.2, 0) is 19.5 Å². The van der Waals surface area contributed by atoms with E-state index in [9.17, 15) is 13.2 Å². The topological polar surface area (TPSA) is 98.9 Å². The molecule has 1 spiro atoms. The van der Waals surface area contributed by atoms with E-state index in [1.807, 2.05) is 0 Å². The van der Waals surface area contributed by atoms with Gasteiger partial charge in [-0.25, -0.2) is 13.6 Å². The highest BCUT2D eigenvalue weighted by molar-refractivity contribution is 7.89. The smallest absolute Gasteiger partial charge is 0.254 e. The van der Waals surface area contributed by atoms with Crippen molar-refractivity contribution < 1.29 is 22.7 Å². The number of primary sulfonamides is 1. The number of nitrogens with zero attached hydrogens (tertiary/aromatic N) is 1. The molecule has 0 aromatic heterocycles. The van der Waals surface area contributed by atoms with Crippen molar-refractivity contribution in [2.24, 2.45) is 5.14 Å². The Kier molecular flexibility index (Phi) is 5.39. The molecule has 2 fully saturated rings. The van der Waals surface area contributed by atoms with Crippen molar-refractivity contribution in [3.8, 4) is 0 Å². The Hall–Kier alpha value is -1.48. The highest BCUT2D eigenvalue weighted by Gasteiger charge is 2.45. The van der Waals surface area contributed by atoms with E-state index < -0.39 is 10.0 Å². The van der Waals surface area contributed by atoms with E-state index in [0.717, 1.165) is 25.0 Å². The van der Waals surface area contributed by atoms with Crippen LogP contribution in [0.1, 0.15) is 41.6 Å². The van der Waals surface area contributed by atoms with Gasteiger partial charge in [-0.05, 0) is 50.3 Å². The highest BCUT2D eigenvalue weighted by atomic mass is 32.2. The zero-order valence-corrected chi connectivity index (χ0v) is 16.0. The van der Waals surface area contributed by atoms with E-state index in [1.165, 1.54) is 12.1 Å². The summed E-state index contributed by atoms with van der Waals surface area (Å²) < 4.78 is 34.9. The summed E-state index contributed by atoms with van der Waals surface area (Å²) in [6, 6.07) is 4.40. The van der Waals surface area contributed by atoms with Crippen LogP contribution in [0.15, 0.2) is 23.1 Å². The fourth-order valence-electron chi connectivity index (χ4n) is 3.97. The van der Waals surface area contributed by atoms with Crippen LogP contribution < -0.4 is 5.14 Å². The maximum atomic E-state index is 12.9. The van der Waals surface area contributed by atoms with Crippen molar-refractivity contribution in [3.05, 3.63) is 29.3 Å². The van der Waals surface area contributed by atoms with Crippen LogP contribution in [0.3, 0.4) is 0 Å². The van der Waals surface area contributed by atoms with Gasteiger partial charge in [0.25, 0.3) is 5.91 Å². The maximum absolute atomic E-state index is 12.9. The van der Waals surface area contributed by atoms with Gasteiger partial charge in [0.15, 0.2) is 0 Å². The average Bonchev–Trinajstić information content (AvgIpc) is 2.61. The minimum atomic E-state index is -3.85. The Morgan fingerprint density at radius 2 is 2.04 bits per heavy atom. The molecule has 3 rings (SSSR count). The number of carbonyl (C=O) groups excluding carboxylic acids is 1. The Labute approximate surface area is 154 Å². The summed E-state index contributed by atoms with van der Waals surface area (Å²) >= 11 is 0. The van der Waals surface area contributed by atoms with E-state index in [4.69, 9.17) is 14.6 Å². The number of benzene rings is 1. The lowest BCUT2D eigenvalue weighted by atomic mass is 9.81. The molecule has 2 N–H and O–H groups in total. The Morgan fingerprint density at radius 3 is 2.65 bits per heavy atom. The summed E-state index contributed by atoms with van der Waals surface area (Å²) in [6.45, 7) is 3.62. The van der Waals surface area contributed by atoms with Crippen LogP contribution in [0.4, 0.5) is 0 Å². The van der Waals surface area contributed by atoms with Crippen LogP contribution in [0.25, 0.3) is 0 Å². The molecule has 2 saturated heterocycles. The highest BCUT2D eigenvalue weighted by Crippen LogP contribution is 2.37. The quantitative estimate of drug-likeness (QED) is 0.853. The molecule has 2 aliphatic heterocycles. The van der Waals surface area contributed by atoms with E-state index in [1.54, 1.807) is 25.0 Å². The van der Waals surface area contributed by atoms with Crippen molar-refractivity contribution in [1.82, 2.24) is 4.90 Å². The number of carbonyl (C=O) groups is 1. The van der Waals surface area contributed by atoms with Gasteiger partial charge in [0.05, 0.1) is 16.6 Å². The first-order chi connectivity index (χ1) is 12.3. The largest absolute Gasteiger partial charge is 0.378 e. The fourth-order valence-corrected chi connectivity index (χ4v) is 4.51. The third-order valence-corrected chi connectivity index (χ3v) is 6.45. The molecule has 1 amide bonds. The first-order valence-corrected chi connectivity index (χ1v) is 10.4. The minimum Gasteiger partial charge on any atom is -0.378 e. The molecule has 2 heterocycles. The van der Waals surface area contributed by atoms with Crippen molar-refractivity contribution in [1.29, 1.82) is 0 Å². The van der Waals surface area contributed by atoms with Gasteiger partial charge >= 0.3 is 0 Å². The van der Waals surface area contributed by atoms with Crippen molar-refractivity contribution in [3.63, 3.8) is 0 Å². The molecule has 144 valence electrons. The fraction of sp³-hybridized carbons (Fsp3) is 0.611. The number of aryl methyl sites for hydroxylation is 1. The summed E-state index contributed by atoms with van der Waals surface area (Å²) in [5.41, 5.74) is 0.785. The lowest BCUT2D eigenvalue weighted by Crippen LogP contribution is -2.56. The van der Waals surface area contributed by atoms with E-state index in [0.29, 0.717) is 31.5 Å². The lowest BCUT2D eigenvalue weighted by molar-refractivity contribution is -0.183. The predicted octanol–water partition coefficient (Wildman–Crippen LogP) is 1.44. The Balaban J connectivity index is 1.77. The summed E-state index contributed by atoms with van der Waals surface area (Å²) in [6.07, 6.45) is 3.44. The number of piperidine rings is 1. The van der Waals surface area contributed by atoms with Gasteiger partial charge in [0.2, 0.25) is 10.0 Å². The SMILES string of the molecule is CO[C@@H]1CCCOC12CCN(C(=O)c1cc(S(N)(=O)=O)ccc1C)CC2. The molecule has 0 unspecified atom stereocenters. The van der Waals surface area contributed by atoms with Crippen molar-refractivity contribution >= 4 is 15.9 Å². The molecule has 1 aromatic rings. The van der Waals surface area contributed by atoms with Gasteiger partial charge in [0.1, 0.15) is 0 Å². The molecule has 1 aromatic carbocycles. The zero-order chi connectivity index (χ0) is 18.9. The van der Waals surface area contributed by atoms with Gasteiger partial charge in [-0.3, -0.25) is 4.79 Å². The van der Waals surface area contributed by atoms with Crippen LogP contribution in [-0.4, -0.2) is 57.7 Å². The molecule has 0 bridgehead atoms. The minimum absolute atomic E-state index is 0.0463. The summed E-state index contributed by atoms with van der Waals surface area (Å²) in [4.78, 5) is 14.6. The molecule has 0 aliphatic carbocycles. The zero-order valence-electron chi connectivity index (χ0n) is 15.2. The molecular weight excluding hydrogens is 356 g/mol. The molecular formula is C18H26N2O5S. The summed E-state index contributed by atoms with van der Waals surface area (Å²) in [7, 11) is -2.14. The van der Waals surface area contributed by atoms with Gasteiger partial charge in [0, 0.05) is 32.4 Å². The van der Waals surface area contributed by atoms with Gasteiger partial charge in [-0.2, -0.15) is 0 Å². The maximum Gasteiger partial charge on any atom is 0.254 e. The van der Waals surface area contributed by atoms with Crippen molar-refractivity contribution in [2.75, 3.05) is 26.8 Å². The van der Waals surface area contributed by atoms with Gasteiger partial charge in [-0.1, -0.05) is 6.07 Å². The van der Waals surface area contributed by atoms with Crippen LogP contribution in [0.2, 0.25) is 0 Å². The van der Waals surface area contributed by atoms with Crippen LogP contribution in [0.5, 0.6) is 0 Å². The second-order valence-corrected chi connectivity index (χ2v) is 8.66. The third kappa shape index (κ3) is 3.64. The van der Waals surface area contributed by atoms with E-state index in [-0.39, 0.29) is 22.5 Å². The Bertz CT molecular complexity index is 785. The number of sulfonamides is 1. The number of ether oxygens (including phenoxy) is 2. The number of rotatable bonds is 3. The van der Waals surface area contributed by atoms with Crippen LogP contribution in [0, 0.1) is 6.92 Å². The summed E-state index contributed by atoms with van der Waals surface area (Å²) in [5.74, 6) is -0.173. The first kappa shape index (κ1) is 19.3. The summed E-state index contributed by atoms with van der Waals surface area (Å²) in [5, 5.41) is 5.20. The number of hydrogen-bond donors (Lipinski definition) is 1. The van der Waals surface area contributed by atoms with E-state index in [2.05, 4.69) is 0 Å². The average molecular weight is 382 g/mol. The van der Waals surface area contributed by atoms with Crippen LogP contribution >= 0.6 is 0 Å². The second-order valence-electron chi connectivity index (χ2n) is 7.09. The molecule has 1 atom stereocenters. The lowest BCUT2D eigenvalue weighted by Gasteiger charge is -2.48. The van der Waals surface area contributed by atoms with Crippen molar-refractivity contribution in [2.45, 2.75) is 49.2 Å². The molecule has 0 saturated carbocycles. The predicted molar refractivity (Wildman–Crippen MR) is 96.4 cm³/mol. The third-order valence-electron chi connectivity index (χ3n) is 5.54. The second kappa shape index (κ2) is 7.26. The standard InChI is InChI=1S/C18H26N2O5S/c1-13-5-6-14(26(19,22)23)12-15(13)17(21)20-9-7-18(8-10-20)16(24-2)4-3-11-25-18/h5-6,12,16H,3-4,7-11H2,1-2H3,(H2,19,22,23)/t16-/m1/s1. The number of hydrogen-bond acceptors (Lipinski definition) is 5. The molecule has 2 aliphatic rings. The Morgan fingerprint density at radius 1 is 1.35 bits per heavy atom. The van der Waals surface area contributed by atoms with E-state index >= 15 is 0 Å². The monoisotopic (exact) mass is 382 g/mol. The first-order valence-electron chi connectivity index (χ1n) is 8.86. The molecule has 0 radical (unpaired) electrons. The van der Waals surface area contributed by atoms with Gasteiger partial charge < -0.3 is 14.4 Å². The van der Waals surface area contributed by atoms with Gasteiger partial charge in [-0.15, -0.1) is 0 Å². The normalized spacial score (nSPS) is 23.2. The molecule has 7 nitrogen and oxygen atoms in total. The number of nitrogens with two attached hydrogens (primary N) is 1.